The van der Waals surface area contributed by atoms with Gasteiger partial charge in [-0.25, -0.2) is 0 Å². The van der Waals surface area contributed by atoms with Crippen LogP contribution in [-0.4, -0.2) is 39.9 Å². The molecule has 0 unspecified atom stereocenters. The van der Waals surface area contributed by atoms with Crippen molar-refractivity contribution in [1.29, 1.82) is 0 Å². The summed E-state index contributed by atoms with van der Waals surface area (Å²) in [5, 5.41) is 8.28. The molecule has 0 rings (SSSR count). The Bertz CT molecular complexity index is 121. The van der Waals surface area contributed by atoms with Gasteiger partial charge in [0, 0.05) is 0 Å². The van der Waals surface area contributed by atoms with Gasteiger partial charge in [-0.05, 0) is 7.05 Å². The van der Waals surface area contributed by atoms with E-state index in [0.717, 1.165) is 4.90 Å². The fourth-order valence-electron chi connectivity index (χ4n) is 0.359. The molecule has 0 saturated heterocycles. The van der Waals surface area contributed by atoms with Crippen LogP contribution >= 0.6 is 7.60 Å². The van der Waals surface area contributed by atoms with Crippen LogP contribution < -0.4 is 0 Å². The van der Waals surface area contributed by atoms with Gasteiger partial charge in [0.05, 0.1) is 6.73 Å². The lowest BCUT2D eigenvalue weighted by molar-refractivity contribution is 0.142. The molecule has 6 heteroatoms. The van der Waals surface area contributed by atoms with Crippen molar-refractivity contribution in [3.63, 3.8) is 0 Å². The lowest BCUT2D eigenvalue weighted by Crippen LogP contribution is -2.20. The summed E-state index contributed by atoms with van der Waals surface area (Å²) in [6, 6.07) is 0. The third-order valence-corrected chi connectivity index (χ3v) is 1.52. The largest absolute Gasteiger partial charge is 0.381 e. The molecule has 0 aliphatic heterocycles. The zero-order chi connectivity index (χ0) is 7.49. The van der Waals surface area contributed by atoms with Gasteiger partial charge in [0.15, 0.2) is 0 Å². The second-order valence-corrected chi connectivity index (χ2v) is 3.42. The molecule has 5 nitrogen and oxygen atoms in total. The SMILES string of the molecule is CN(CO)CP(=O)(O)O. The average Bonchev–Trinajstić information content (AvgIpc) is 1.62. The lowest BCUT2D eigenvalue weighted by Gasteiger charge is -2.12. The van der Waals surface area contributed by atoms with Crippen LogP contribution in [0.2, 0.25) is 0 Å². The topological polar surface area (TPSA) is 81.0 Å². The Kier molecular flexibility index (Phi) is 3.32. The van der Waals surface area contributed by atoms with E-state index >= 15 is 0 Å². The van der Waals surface area contributed by atoms with E-state index < -0.39 is 13.9 Å². The first kappa shape index (κ1) is 9.07. The van der Waals surface area contributed by atoms with E-state index in [0.29, 0.717) is 0 Å². The first-order valence-electron chi connectivity index (χ1n) is 2.29. The summed E-state index contributed by atoms with van der Waals surface area (Å²) in [5.74, 6) is 0. The molecule has 0 aliphatic carbocycles. The molecule has 0 aromatic heterocycles. The first-order chi connectivity index (χ1) is 3.95. The molecule has 0 heterocycles. The van der Waals surface area contributed by atoms with Crippen LogP contribution in [0.25, 0.3) is 0 Å². The number of hydrogen-bond acceptors (Lipinski definition) is 3. The Hall–Kier alpha value is 0.0700. The Morgan fingerprint density at radius 2 is 2.00 bits per heavy atom. The van der Waals surface area contributed by atoms with E-state index in [1.165, 1.54) is 7.05 Å². The van der Waals surface area contributed by atoms with Gasteiger partial charge in [0.1, 0.15) is 6.29 Å². The van der Waals surface area contributed by atoms with Crippen LogP contribution in [0.15, 0.2) is 0 Å². The van der Waals surface area contributed by atoms with Crippen LogP contribution in [-0.2, 0) is 4.57 Å². The molecule has 0 aromatic rings. The standard InChI is InChI=1S/C3H10NO4P/c1-4(2-5)3-9(6,7)8/h5H,2-3H2,1H3,(H2,6,7,8). The van der Waals surface area contributed by atoms with Crippen LogP contribution in [0.4, 0.5) is 0 Å². The smallest absolute Gasteiger partial charge is 0.339 e. The number of aliphatic hydroxyl groups is 1. The lowest BCUT2D eigenvalue weighted by atomic mass is 10.9. The molecule has 0 amide bonds. The second-order valence-electron chi connectivity index (χ2n) is 1.80. The van der Waals surface area contributed by atoms with Crippen molar-refractivity contribution >= 4 is 7.60 Å². The fraction of sp³-hybridized carbons (Fsp3) is 1.00. The van der Waals surface area contributed by atoms with E-state index in [9.17, 15) is 4.57 Å². The van der Waals surface area contributed by atoms with Gasteiger partial charge >= 0.3 is 7.60 Å². The van der Waals surface area contributed by atoms with E-state index in [-0.39, 0.29) is 6.73 Å². The van der Waals surface area contributed by atoms with Gasteiger partial charge in [-0.15, -0.1) is 0 Å². The summed E-state index contributed by atoms with van der Waals surface area (Å²) in [4.78, 5) is 17.7. The van der Waals surface area contributed by atoms with Crippen molar-refractivity contribution in [2.24, 2.45) is 0 Å². The van der Waals surface area contributed by atoms with Crippen LogP contribution in [0.1, 0.15) is 0 Å². The summed E-state index contributed by atoms with van der Waals surface area (Å²) in [5.41, 5.74) is 0. The fourth-order valence-corrected chi connectivity index (χ4v) is 1.08. The molecule has 0 saturated carbocycles. The summed E-state index contributed by atoms with van der Waals surface area (Å²) in [6.07, 6.45) is -0.399. The minimum atomic E-state index is -3.97. The van der Waals surface area contributed by atoms with Crippen molar-refractivity contribution in [2.75, 3.05) is 20.1 Å². The number of rotatable bonds is 3. The van der Waals surface area contributed by atoms with Gasteiger partial charge in [-0.3, -0.25) is 9.46 Å². The Morgan fingerprint density at radius 3 is 2.11 bits per heavy atom. The molecule has 0 spiro atoms. The Morgan fingerprint density at radius 1 is 1.56 bits per heavy atom. The molecule has 0 bridgehead atoms. The van der Waals surface area contributed by atoms with Gasteiger partial charge in [0.2, 0.25) is 0 Å². The highest BCUT2D eigenvalue weighted by Crippen LogP contribution is 2.34. The van der Waals surface area contributed by atoms with Crippen LogP contribution in [0, 0.1) is 0 Å². The number of hydrogen-bond donors (Lipinski definition) is 3. The minimum absolute atomic E-state index is 0.342. The molecule has 3 N–H and O–H groups in total. The summed E-state index contributed by atoms with van der Waals surface area (Å²) < 4.78 is 10.1. The predicted molar refractivity (Wildman–Crippen MR) is 31.8 cm³/mol. The molecule has 9 heavy (non-hydrogen) atoms. The maximum absolute atomic E-state index is 10.1. The average molecular weight is 155 g/mol. The normalized spacial score (nSPS) is 12.6. The monoisotopic (exact) mass is 155 g/mol. The van der Waals surface area contributed by atoms with E-state index in [1.807, 2.05) is 0 Å². The summed E-state index contributed by atoms with van der Waals surface area (Å²) in [7, 11) is -2.56. The molecule has 0 radical (unpaired) electrons. The molecule has 0 fully saturated rings. The van der Waals surface area contributed by atoms with Crippen molar-refractivity contribution in [2.45, 2.75) is 0 Å². The van der Waals surface area contributed by atoms with Crippen LogP contribution in [0.3, 0.4) is 0 Å². The quantitative estimate of drug-likeness (QED) is 0.360. The molecule has 0 aliphatic rings. The van der Waals surface area contributed by atoms with E-state index in [4.69, 9.17) is 14.9 Å². The van der Waals surface area contributed by atoms with Crippen molar-refractivity contribution < 1.29 is 19.5 Å². The highest BCUT2D eigenvalue weighted by atomic mass is 31.2. The zero-order valence-corrected chi connectivity index (χ0v) is 5.95. The van der Waals surface area contributed by atoms with Crippen molar-refractivity contribution in [1.82, 2.24) is 4.90 Å². The third kappa shape index (κ3) is 5.95. The Balaban J connectivity index is 3.60. The molecular weight excluding hydrogens is 145 g/mol. The van der Waals surface area contributed by atoms with Gasteiger partial charge in [0.25, 0.3) is 0 Å². The molecule has 56 valence electrons. The third-order valence-electron chi connectivity index (χ3n) is 0.667. The van der Waals surface area contributed by atoms with Crippen molar-refractivity contribution in [3.8, 4) is 0 Å². The zero-order valence-electron chi connectivity index (χ0n) is 5.06. The second kappa shape index (κ2) is 3.29. The number of nitrogens with zero attached hydrogens (tertiary/aromatic N) is 1. The maximum Gasteiger partial charge on any atom is 0.339 e. The first-order valence-corrected chi connectivity index (χ1v) is 4.09. The van der Waals surface area contributed by atoms with Gasteiger partial charge in [-0.1, -0.05) is 0 Å². The van der Waals surface area contributed by atoms with Gasteiger partial charge < -0.3 is 14.9 Å². The van der Waals surface area contributed by atoms with E-state index in [1.54, 1.807) is 0 Å². The minimum Gasteiger partial charge on any atom is -0.381 e. The molecule has 0 aromatic carbocycles. The Labute approximate surface area is 53.1 Å². The van der Waals surface area contributed by atoms with Crippen LogP contribution in [0.5, 0.6) is 0 Å². The molecular formula is C3H10NO4P. The van der Waals surface area contributed by atoms with Crippen molar-refractivity contribution in [3.05, 3.63) is 0 Å². The summed E-state index contributed by atoms with van der Waals surface area (Å²) in [6.45, 7) is -0.342. The highest BCUT2D eigenvalue weighted by molar-refractivity contribution is 7.51. The van der Waals surface area contributed by atoms with Gasteiger partial charge in [-0.2, -0.15) is 0 Å². The summed E-state index contributed by atoms with van der Waals surface area (Å²) >= 11 is 0. The molecule has 0 atom stereocenters. The highest BCUT2D eigenvalue weighted by Gasteiger charge is 2.14. The van der Waals surface area contributed by atoms with E-state index in [2.05, 4.69) is 0 Å². The maximum atomic E-state index is 10.1. The predicted octanol–water partition coefficient (Wildman–Crippen LogP) is -0.997. The number of aliphatic hydroxyl groups excluding tert-OH is 1.